The minimum Gasteiger partial charge on any atom is -0.507 e. The largest absolute Gasteiger partial charge is 0.507 e. The average Bonchev–Trinajstić information content (AvgIpc) is 3.52. The summed E-state index contributed by atoms with van der Waals surface area (Å²) in [6, 6.07) is 22.0. The molecule has 0 radical (unpaired) electrons. The van der Waals surface area contributed by atoms with E-state index < -0.39 is 17.7 Å². The number of morpholine rings is 1. The molecule has 3 aromatic carbocycles. The predicted molar refractivity (Wildman–Crippen MR) is 158 cm³/mol. The van der Waals surface area contributed by atoms with Crippen LogP contribution in [0.2, 0.25) is 0 Å². The van der Waals surface area contributed by atoms with Crippen molar-refractivity contribution < 1.29 is 28.9 Å². The average molecular weight is 569 g/mol. The summed E-state index contributed by atoms with van der Waals surface area (Å²) < 4.78 is 17.4. The van der Waals surface area contributed by atoms with E-state index in [-0.39, 0.29) is 17.4 Å². The van der Waals surface area contributed by atoms with Crippen molar-refractivity contribution >= 4 is 17.4 Å². The summed E-state index contributed by atoms with van der Waals surface area (Å²) in [6.07, 6.45) is 1.46. The van der Waals surface area contributed by atoms with E-state index >= 15 is 0 Å². The van der Waals surface area contributed by atoms with Gasteiger partial charge in [-0.25, -0.2) is 0 Å². The third-order valence-electron chi connectivity index (χ3n) is 8.11. The van der Waals surface area contributed by atoms with Gasteiger partial charge in [0.25, 0.3) is 11.7 Å². The molecular weight excluding hydrogens is 532 g/mol. The zero-order valence-corrected chi connectivity index (χ0v) is 23.8. The number of aliphatic hydroxyl groups is 1. The molecule has 3 heterocycles. The fourth-order valence-electron chi connectivity index (χ4n) is 5.99. The first-order chi connectivity index (χ1) is 20.5. The predicted octanol–water partition coefficient (Wildman–Crippen LogP) is 4.73. The van der Waals surface area contributed by atoms with Crippen molar-refractivity contribution in [2.45, 2.75) is 38.5 Å². The zero-order valence-electron chi connectivity index (χ0n) is 23.8. The van der Waals surface area contributed by atoms with Crippen LogP contribution in [0.1, 0.15) is 41.6 Å². The third kappa shape index (κ3) is 5.91. The number of ether oxygens (including phenoxy) is 3. The fourth-order valence-corrected chi connectivity index (χ4v) is 5.99. The smallest absolute Gasteiger partial charge is 0.295 e. The van der Waals surface area contributed by atoms with Gasteiger partial charge in [0.1, 0.15) is 30.0 Å². The lowest BCUT2D eigenvalue weighted by atomic mass is 9.94. The number of hydrogen-bond acceptors (Lipinski definition) is 7. The van der Waals surface area contributed by atoms with Gasteiger partial charge in [0.2, 0.25) is 0 Å². The molecule has 2 fully saturated rings. The molecule has 1 N–H and O–H groups in total. The number of benzene rings is 3. The van der Waals surface area contributed by atoms with Crippen LogP contribution in [-0.4, -0.2) is 72.1 Å². The maximum absolute atomic E-state index is 13.6. The molecule has 0 bridgehead atoms. The maximum atomic E-state index is 13.6. The molecule has 0 spiro atoms. The molecule has 3 aliphatic heterocycles. The standard InChI is InChI=1S/C34H36N2O6/c1-23-19-27-20-26(11-12-29(27)42-23)32(37)30-31(25-9-5-10-28(21-25)41-22-24-7-3-2-4-8-24)36(34(39)33(30)38)14-6-13-35-15-17-40-18-16-35/h2-5,7-12,20-21,23,31,37H,6,13-19,22H2,1H3/b32-30-. The van der Waals surface area contributed by atoms with Crippen LogP contribution < -0.4 is 9.47 Å². The van der Waals surface area contributed by atoms with E-state index in [4.69, 9.17) is 14.2 Å². The number of carbonyl (C=O) groups is 2. The van der Waals surface area contributed by atoms with Crippen LogP contribution >= 0.6 is 0 Å². The SMILES string of the molecule is CC1Cc2cc(/C(O)=C3/C(=O)C(=O)N(CCCN4CCOCC4)C3c3cccc(OCc4ccccc4)c3)ccc2O1. The van der Waals surface area contributed by atoms with Crippen LogP contribution in [0.5, 0.6) is 11.5 Å². The number of amides is 1. The van der Waals surface area contributed by atoms with E-state index in [0.29, 0.717) is 49.7 Å². The quantitative estimate of drug-likeness (QED) is 0.227. The van der Waals surface area contributed by atoms with Gasteiger partial charge in [0.05, 0.1) is 24.8 Å². The van der Waals surface area contributed by atoms with Crippen molar-refractivity contribution in [3.63, 3.8) is 0 Å². The van der Waals surface area contributed by atoms with Gasteiger partial charge < -0.3 is 24.2 Å². The molecule has 3 aliphatic rings. The van der Waals surface area contributed by atoms with Crippen molar-refractivity contribution in [3.05, 3.63) is 101 Å². The normalized spacial score (nSPS) is 21.8. The molecular formula is C34H36N2O6. The van der Waals surface area contributed by atoms with Gasteiger partial charge in [-0.1, -0.05) is 42.5 Å². The number of likely N-dealkylation sites (tertiary alicyclic amines) is 1. The summed E-state index contributed by atoms with van der Waals surface area (Å²) in [5.74, 6) is -0.0461. The highest BCUT2D eigenvalue weighted by atomic mass is 16.5. The Morgan fingerprint density at radius 3 is 2.60 bits per heavy atom. The van der Waals surface area contributed by atoms with E-state index in [2.05, 4.69) is 4.90 Å². The van der Waals surface area contributed by atoms with Gasteiger partial charge in [0.15, 0.2) is 0 Å². The number of nitrogens with zero attached hydrogens (tertiary/aromatic N) is 2. The summed E-state index contributed by atoms with van der Waals surface area (Å²) in [5, 5.41) is 11.6. The summed E-state index contributed by atoms with van der Waals surface area (Å²) >= 11 is 0. The molecule has 6 rings (SSSR count). The summed E-state index contributed by atoms with van der Waals surface area (Å²) in [4.78, 5) is 31.0. The molecule has 0 saturated carbocycles. The molecule has 2 atom stereocenters. The molecule has 3 aromatic rings. The van der Waals surface area contributed by atoms with E-state index in [1.807, 2.05) is 73.7 Å². The van der Waals surface area contributed by atoms with Crippen LogP contribution in [0.15, 0.2) is 78.4 Å². The number of aliphatic hydroxyl groups excluding tert-OH is 1. The number of hydrogen-bond donors (Lipinski definition) is 1. The highest BCUT2D eigenvalue weighted by Crippen LogP contribution is 2.41. The molecule has 0 aromatic heterocycles. The number of carbonyl (C=O) groups excluding carboxylic acids is 2. The molecule has 8 nitrogen and oxygen atoms in total. The zero-order chi connectivity index (χ0) is 29.1. The molecule has 8 heteroatoms. The Labute approximate surface area is 246 Å². The molecule has 42 heavy (non-hydrogen) atoms. The first kappa shape index (κ1) is 28.0. The van der Waals surface area contributed by atoms with Gasteiger partial charge in [-0.15, -0.1) is 0 Å². The summed E-state index contributed by atoms with van der Waals surface area (Å²) in [7, 11) is 0. The lowest BCUT2D eigenvalue weighted by Gasteiger charge is -2.29. The minimum absolute atomic E-state index is 0.0491. The van der Waals surface area contributed by atoms with Crippen LogP contribution in [0.25, 0.3) is 5.76 Å². The van der Waals surface area contributed by atoms with Crippen LogP contribution in [0, 0.1) is 0 Å². The summed E-state index contributed by atoms with van der Waals surface area (Å²) in [5.41, 5.74) is 3.31. The van der Waals surface area contributed by atoms with Crippen molar-refractivity contribution in [2.24, 2.45) is 0 Å². The van der Waals surface area contributed by atoms with Crippen LogP contribution in [0.3, 0.4) is 0 Å². The Balaban J connectivity index is 1.32. The van der Waals surface area contributed by atoms with Gasteiger partial charge in [-0.3, -0.25) is 14.5 Å². The highest BCUT2D eigenvalue weighted by molar-refractivity contribution is 6.46. The Morgan fingerprint density at radius 1 is 0.976 bits per heavy atom. The van der Waals surface area contributed by atoms with Crippen molar-refractivity contribution in [2.75, 3.05) is 39.4 Å². The molecule has 2 saturated heterocycles. The second kappa shape index (κ2) is 12.4. The third-order valence-corrected chi connectivity index (χ3v) is 8.11. The second-order valence-electron chi connectivity index (χ2n) is 11.1. The van der Waals surface area contributed by atoms with Gasteiger partial charge >= 0.3 is 0 Å². The highest BCUT2D eigenvalue weighted by Gasteiger charge is 2.46. The Hall–Kier alpha value is -4.14. The lowest BCUT2D eigenvalue weighted by Crippen LogP contribution is -2.38. The topological polar surface area (TPSA) is 88.5 Å². The first-order valence-electron chi connectivity index (χ1n) is 14.6. The van der Waals surface area contributed by atoms with Gasteiger partial charge in [0, 0.05) is 38.2 Å². The maximum Gasteiger partial charge on any atom is 0.295 e. The van der Waals surface area contributed by atoms with Crippen molar-refractivity contribution in [1.82, 2.24) is 9.80 Å². The Morgan fingerprint density at radius 2 is 1.79 bits per heavy atom. The first-order valence-corrected chi connectivity index (χ1v) is 14.6. The lowest BCUT2D eigenvalue weighted by molar-refractivity contribution is -0.140. The van der Waals surface area contributed by atoms with Crippen molar-refractivity contribution in [1.29, 1.82) is 0 Å². The second-order valence-corrected chi connectivity index (χ2v) is 11.1. The number of ketones is 1. The monoisotopic (exact) mass is 568 g/mol. The molecule has 2 unspecified atom stereocenters. The molecule has 0 aliphatic carbocycles. The van der Waals surface area contributed by atoms with E-state index in [0.717, 1.165) is 42.9 Å². The van der Waals surface area contributed by atoms with Crippen LogP contribution in [-0.2, 0) is 27.4 Å². The van der Waals surface area contributed by atoms with Gasteiger partial charge in [-0.05, 0) is 60.4 Å². The number of Topliss-reactive ketones (excluding diaryl/α,β-unsaturated/α-hetero) is 1. The van der Waals surface area contributed by atoms with E-state index in [1.165, 1.54) is 0 Å². The fraction of sp³-hybridized carbons (Fsp3) is 0.353. The van der Waals surface area contributed by atoms with E-state index in [9.17, 15) is 14.7 Å². The van der Waals surface area contributed by atoms with Crippen molar-refractivity contribution in [3.8, 4) is 11.5 Å². The molecule has 1 amide bonds. The van der Waals surface area contributed by atoms with Gasteiger partial charge in [-0.2, -0.15) is 0 Å². The summed E-state index contributed by atoms with van der Waals surface area (Å²) in [6.45, 7) is 6.66. The van der Waals surface area contributed by atoms with Crippen LogP contribution in [0.4, 0.5) is 0 Å². The Kier molecular flexibility index (Phi) is 8.26. The van der Waals surface area contributed by atoms with E-state index in [1.54, 1.807) is 11.0 Å². The number of fused-ring (bicyclic) bond motifs is 1. The Bertz CT molecular complexity index is 1480. The number of rotatable bonds is 9. The minimum atomic E-state index is -0.738. The molecule has 218 valence electrons.